The summed E-state index contributed by atoms with van der Waals surface area (Å²) < 4.78 is 31.0. The number of hydrogen-bond acceptors (Lipinski definition) is 13. The number of fused-ring (bicyclic) bond motifs is 5. The fraction of sp³-hybridized carbons (Fsp3) is 1.00. The molecule has 54 heavy (non-hydrogen) atoms. The van der Waals surface area contributed by atoms with E-state index in [1.807, 2.05) is 13.8 Å². The molecule has 4 saturated carbocycles. The van der Waals surface area contributed by atoms with Crippen LogP contribution in [0.2, 0.25) is 0 Å². The summed E-state index contributed by atoms with van der Waals surface area (Å²) in [5.41, 5.74) is -1.81. The number of hydrogen-bond donors (Lipinski definition) is 8. The molecule has 3 heterocycles. The predicted octanol–water partition coefficient (Wildman–Crippen LogP) is 2.00. The number of ether oxygens (including phenoxy) is 5. The van der Waals surface area contributed by atoms with Gasteiger partial charge in [-0.15, -0.1) is 0 Å². The minimum Gasteiger partial charge on any atom is -0.394 e. The van der Waals surface area contributed by atoms with E-state index in [1.54, 1.807) is 0 Å². The molecule has 3 saturated heterocycles. The highest BCUT2D eigenvalue weighted by Gasteiger charge is 2.72. The van der Waals surface area contributed by atoms with Crippen molar-refractivity contribution in [1.29, 1.82) is 0 Å². The van der Waals surface area contributed by atoms with E-state index in [2.05, 4.69) is 41.5 Å². The van der Waals surface area contributed by atoms with Gasteiger partial charge in [0.05, 0.1) is 42.7 Å². The van der Waals surface area contributed by atoms with Gasteiger partial charge in [0.2, 0.25) is 0 Å². The van der Waals surface area contributed by atoms with Crippen molar-refractivity contribution < 1.29 is 64.5 Å². The Hall–Kier alpha value is -0.520. The summed E-state index contributed by atoms with van der Waals surface area (Å²) in [5.74, 6) is 0.864. The second-order valence-electron chi connectivity index (χ2n) is 20.6. The predicted molar refractivity (Wildman–Crippen MR) is 194 cm³/mol. The van der Waals surface area contributed by atoms with E-state index in [0.29, 0.717) is 6.42 Å². The molecule has 8 N–H and O–H groups in total. The quantitative estimate of drug-likeness (QED) is 0.175. The zero-order chi connectivity index (χ0) is 39.6. The van der Waals surface area contributed by atoms with Crippen molar-refractivity contribution >= 4 is 0 Å². The molecular weight excluding hydrogens is 700 g/mol. The monoisotopic (exact) mass is 770 g/mol. The number of aliphatic hydroxyl groups excluding tert-OH is 7. The molecule has 0 radical (unpaired) electrons. The lowest BCUT2D eigenvalue weighted by atomic mass is 9.35. The molecule has 0 bridgehead atoms. The zero-order valence-corrected chi connectivity index (χ0v) is 33.6. The fourth-order valence-corrected chi connectivity index (χ4v) is 13.8. The van der Waals surface area contributed by atoms with Gasteiger partial charge in [-0.05, 0) is 124 Å². The lowest BCUT2D eigenvalue weighted by Gasteiger charge is -2.70. The zero-order valence-electron chi connectivity index (χ0n) is 33.6. The van der Waals surface area contributed by atoms with E-state index >= 15 is 0 Å². The minimum atomic E-state index is -1.70. The van der Waals surface area contributed by atoms with Crippen LogP contribution >= 0.6 is 0 Å². The molecule has 7 aliphatic rings. The van der Waals surface area contributed by atoms with Crippen molar-refractivity contribution in [1.82, 2.24) is 0 Å². The van der Waals surface area contributed by atoms with E-state index in [9.17, 15) is 40.9 Å². The van der Waals surface area contributed by atoms with Crippen LogP contribution in [0.5, 0.6) is 0 Å². The summed E-state index contributed by atoms with van der Waals surface area (Å²) in [6.45, 7) is 16.9. The Balaban J connectivity index is 1.09. The van der Waals surface area contributed by atoms with Gasteiger partial charge in [-0.25, -0.2) is 0 Å². The third-order valence-corrected chi connectivity index (χ3v) is 17.1. The van der Waals surface area contributed by atoms with Gasteiger partial charge in [0, 0.05) is 0 Å². The molecule has 0 aromatic rings. The maximum absolute atomic E-state index is 12.3. The van der Waals surface area contributed by atoms with Crippen LogP contribution in [0.4, 0.5) is 0 Å². The number of rotatable bonds is 7. The van der Waals surface area contributed by atoms with Gasteiger partial charge >= 0.3 is 0 Å². The summed E-state index contributed by atoms with van der Waals surface area (Å²) in [5, 5.41) is 85.7. The van der Waals surface area contributed by atoms with Crippen molar-refractivity contribution in [3.63, 3.8) is 0 Å². The Labute approximate surface area is 320 Å². The van der Waals surface area contributed by atoms with Crippen LogP contribution < -0.4 is 0 Å². The lowest BCUT2D eigenvalue weighted by molar-refractivity contribution is -0.367. The van der Waals surface area contributed by atoms with E-state index in [-0.39, 0.29) is 69.7 Å². The molecule has 3 aliphatic heterocycles. The Bertz CT molecular complexity index is 1360. The van der Waals surface area contributed by atoms with Crippen molar-refractivity contribution in [2.75, 3.05) is 13.2 Å². The van der Waals surface area contributed by atoms with Crippen LogP contribution in [0.1, 0.15) is 113 Å². The third-order valence-electron chi connectivity index (χ3n) is 17.1. The van der Waals surface area contributed by atoms with Crippen LogP contribution in [-0.2, 0) is 23.7 Å². The van der Waals surface area contributed by atoms with Crippen molar-refractivity contribution in [2.45, 2.75) is 198 Å². The lowest BCUT2D eigenvalue weighted by Crippen LogP contribution is -2.67. The second kappa shape index (κ2) is 14.1. The smallest absolute Gasteiger partial charge is 0.187 e. The largest absolute Gasteiger partial charge is 0.394 e. The molecule has 0 amide bonds. The molecule has 0 aromatic heterocycles. The van der Waals surface area contributed by atoms with E-state index < -0.39 is 73.6 Å². The Morgan fingerprint density at radius 1 is 0.704 bits per heavy atom. The first kappa shape index (κ1) is 41.6. The standard InChI is InChI=1S/C41H70O13/c1-36(2)24-10-15-39(6)25(17-21(43)28-20(9-14-40(28,39)7)41(8)16-12-27(54-41)37(3,4)49)38(24,5)13-11-26(36)52-35-33(29(45)22(44)19-50-35)53-34-32(48)31(47)30(46)23(18-42)51-34/h20-35,42-49H,9-19H2,1-8H3/t20-,21?,22+,23+,24?,25+,26-,27-,28?,29-,30+,31-,32+,33+,34-,35-,38-,39+,40+,41-/m0/s1. The van der Waals surface area contributed by atoms with Crippen molar-refractivity contribution in [3.05, 3.63) is 0 Å². The summed E-state index contributed by atoms with van der Waals surface area (Å²) in [4.78, 5) is 0. The maximum atomic E-state index is 12.3. The first-order valence-corrected chi connectivity index (χ1v) is 20.7. The molecule has 0 aromatic carbocycles. The highest BCUT2D eigenvalue weighted by Crippen LogP contribution is 2.76. The molecule has 4 aliphatic carbocycles. The average Bonchev–Trinajstić information content (AvgIpc) is 3.69. The summed E-state index contributed by atoms with van der Waals surface area (Å²) in [7, 11) is 0. The molecule has 7 rings (SSSR count). The fourth-order valence-electron chi connectivity index (χ4n) is 13.8. The first-order valence-electron chi connectivity index (χ1n) is 20.7. The van der Waals surface area contributed by atoms with Crippen LogP contribution in [0.3, 0.4) is 0 Å². The minimum absolute atomic E-state index is 0.00233. The molecule has 13 heteroatoms. The Kier molecular flexibility index (Phi) is 10.8. The third kappa shape index (κ3) is 6.28. The molecule has 3 unspecified atom stereocenters. The summed E-state index contributed by atoms with van der Waals surface area (Å²) in [6, 6.07) is 0. The van der Waals surface area contributed by atoms with Gasteiger partial charge in [-0.1, -0.05) is 34.6 Å². The molecule has 20 atom stereocenters. The van der Waals surface area contributed by atoms with Gasteiger partial charge in [-0.3, -0.25) is 0 Å². The van der Waals surface area contributed by atoms with Gasteiger partial charge < -0.3 is 64.5 Å². The van der Waals surface area contributed by atoms with E-state index in [0.717, 1.165) is 51.4 Å². The summed E-state index contributed by atoms with van der Waals surface area (Å²) >= 11 is 0. The SMILES string of the molecule is CC(C)(O)[C@@H]1CC[C@@](C)([C@H]2CC[C@]3(C)C2C(O)C[C@@H]2[C@@]4(C)CC[C@H](O[C@@H]5OC[C@@H](O)[C@H](O)[C@H]5O[C@@H]5O[C@H](CO)[C@@H](O)[C@H](O)[C@H]5O)C(C)(C)C4CC[C@]23C)O1. The van der Waals surface area contributed by atoms with Gasteiger partial charge in [-0.2, -0.15) is 0 Å². The Morgan fingerprint density at radius 3 is 2.04 bits per heavy atom. The van der Waals surface area contributed by atoms with Crippen LogP contribution in [0, 0.1) is 45.3 Å². The summed E-state index contributed by atoms with van der Waals surface area (Å²) in [6.07, 6.45) is -5.82. The van der Waals surface area contributed by atoms with E-state index in [4.69, 9.17) is 23.7 Å². The van der Waals surface area contributed by atoms with E-state index in [1.165, 1.54) is 0 Å². The topological polar surface area (TPSA) is 208 Å². The normalized spacial score (nSPS) is 56.2. The van der Waals surface area contributed by atoms with Crippen LogP contribution in [-0.4, -0.2) is 139 Å². The van der Waals surface area contributed by atoms with Gasteiger partial charge in [0.15, 0.2) is 12.6 Å². The Morgan fingerprint density at radius 2 is 1.39 bits per heavy atom. The molecule has 7 fully saturated rings. The molecule has 13 nitrogen and oxygen atoms in total. The van der Waals surface area contributed by atoms with Crippen molar-refractivity contribution in [3.8, 4) is 0 Å². The van der Waals surface area contributed by atoms with Crippen LogP contribution in [0.15, 0.2) is 0 Å². The average molecular weight is 771 g/mol. The van der Waals surface area contributed by atoms with Crippen molar-refractivity contribution in [2.24, 2.45) is 45.3 Å². The second-order valence-corrected chi connectivity index (χ2v) is 20.6. The van der Waals surface area contributed by atoms with Crippen LogP contribution in [0.25, 0.3) is 0 Å². The first-order chi connectivity index (χ1) is 25.0. The van der Waals surface area contributed by atoms with Gasteiger partial charge in [0.25, 0.3) is 0 Å². The molecule has 0 spiro atoms. The number of aliphatic hydroxyl groups is 8. The molecule has 312 valence electrons. The highest BCUT2D eigenvalue weighted by atomic mass is 16.8. The highest BCUT2D eigenvalue weighted by molar-refractivity contribution is 5.20. The maximum Gasteiger partial charge on any atom is 0.187 e. The van der Waals surface area contributed by atoms with Gasteiger partial charge in [0.1, 0.15) is 42.7 Å². The molecular formula is C41H70O13.